The van der Waals surface area contributed by atoms with Crippen LogP contribution in [0.5, 0.6) is 0 Å². The molecule has 0 spiro atoms. The van der Waals surface area contributed by atoms with E-state index >= 15 is 0 Å². The molecule has 0 aliphatic heterocycles. The molecule has 2 heterocycles. The van der Waals surface area contributed by atoms with Gasteiger partial charge in [0.05, 0.1) is 12.2 Å². The van der Waals surface area contributed by atoms with Crippen molar-refractivity contribution in [2.24, 2.45) is 0 Å². The molecule has 3 rings (SSSR count). The van der Waals surface area contributed by atoms with Gasteiger partial charge < -0.3 is 4.52 Å². The normalized spacial score (nSPS) is 12.3. The summed E-state index contributed by atoms with van der Waals surface area (Å²) in [6.45, 7) is 2.63. The first-order valence-corrected chi connectivity index (χ1v) is 9.48. The maximum absolute atomic E-state index is 12.5. The first-order valence-electron chi connectivity index (χ1n) is 8.04. The van der Waals surface area contributed by atoms with Crippen LogP contribution in [0.15, 0.2) is 35.0 Å². The zero-order chi connectivity index (χ0) is 21.4. The van der Waals surface area contributed by atoms with E-state index in [2.05, 4.69) is 24.4 Å². The summed E-state index contributed by atoms with van der Waals surface area (Å²) >= 11 is 0. The Hall–Kier alpha value is -3.06. The van der Waals surface area contributed by atoms with E-state index in [-0.39, 0.29) is 22.8 Å². The number of rotatable bonds is 6. The summed E-state index contributed by atoms with van der Waals surface area (Å²) in [5.41, 5.74) is 0.852. The third-order valence-corrected chi connectivity index (χ3v) is 5.17. The van der Waals surface area contributed by atoms with Crippen LogP contribution in [0.4, 0.5) is 13.2 Å². The second-order valence-electron chi connectivity index (χ2n) is 5.97. The summed E-state index contributed by atoms with van der Waals surface area (Å²) in [7, 11) is -3.99. The number of aromatic nitrogens is 4. The summed E-state index contributed by atoms with van der Waals surface area (Å²) in [6.07, 6.45) is -3.44. The van der Waals surface area contributed by atoms with E-state index in [1.807, 2.05) is 0 Å². The van der Waals surface area contributed by atoms with Crippen molar-refractivity contribution in [3.63, 3.8) is 0 Å². The highest BCUT2D eigenvalue weighted by atomic mass is 32.2. The van der Waals surface area contributed by atoms with E-state index < -0.39 is 34.6 Å². The van der Waals surface area contributed by atoms with Gasteiger partial charge in [-0.3, -0.25) is 4.79 Å². The molecule has 0 aliphatic rings. The number of hydrogen-bond acceptors (Lipinski definition) is 7. The Morgan fingerprint density at radius 3 is 2.34 bits per heavy atom. The molecule has 0 amide bonds. The van der Waals surface area contributed by atoms with Crippen LogP contribution >= 0.6 is 0 Å². The molecule has 0 aliphatic carbocycles. The zero-order valence-corrected chi connectivity index (χ0v) is 15.9. The molecule has 0 fully saturated rings. The van der Waals surface area contributed by atoms with E-state index in [0.29, 0.717) is 5.69 Å². The van der Waals surface area contributed by atoms with Gasteiger partial charge in [0.15, 0.2) is 5.78 Å². The Kier molecular flexibility index (Phi) is 5.28. The van der Waals surface area contributed by atoms with Crippen molar-refractivity contribution in [3.05, 3.63) is 53.4 Å². The number of carbonyl (C=O) groups excluding carboxylic acids is 1. The lowest BCUT2D eigenvalue weighted by Crippen LogP contribution is -2.34. The summed E-state index contributed by atoms with van der Waals surface area (Å²) in [4.78, 5) is 19.5. The largest absolute Gasteiger partial charge is 0.471 e. The van der Waals surface area contributed by atoms with E-state index in [1.165, 1.54) is 37.4 Å². The molecule has 29 heavy (non-hydrogen) atoms. The van der Waals surface area contributed by atoms with Crippen LogP contribution in [0.25, 0.3) is 11.4 Å². The van der Waals surface area contributed by atoms with Crippen LogP contribution in [0, 0.1) is 13.8 Å². The molecule has 1 aromatic carbocycles. The predicted octanol–water partition coefficient (Wildman–Crippen LogP) is 2.13. The number of nitrogens with zero attached hydrogens (tertiary/aromatic N) is 4. The smallest absolute Gasteiger partial charge is 0.329 e. The molecule has 0 atom stereocenters. The minimum absolute atomic E-state index is 0.148. The van der Waals surface area contributed by atoms with Crippen LogP contribution in [-0.2, 0) is 16.4 Å². The van der Waals surface area contributed by atoms with Gasteiger partial charge in [-0.25, -0.2) is 8.96 Å². The summed E-state index contributed by atoms with van der Waals surface area (Å²) in [5, 5.41) is 3.25. The molecule has 3 aromatic rings. The number of Topliss-reactive ketones (excluding diaryl/α,β-unsaturated/α-hetero) is 1. The Morgan fingerprint density at radius 1 is 1.17 bits per heavy atom. The van der Waals surface area contributed by atoms with Crippen LogP contribution in [0.1, 0.15) is 27.8 Å². The molecule has 0 unspecified atom stereocenters. The van der Waals surface area contributed by atoms with Gasteiger partial charge in [0.25, 0.3) is 0 Å². The van der Waals surface area contributed by atoms with E-state index in [0.717, 1.165) is 3.97 Å². The number of imidazole rings is 1. The highest BCUT2D eigenvalue weighted by Gasteiger charge is 2.38. The average molecular weight is 429 g/mol. The lowest BCUT2D eigenvalue weighted by Gasteiger charge is -2.08. The minimum atomic E-state index is -4.76. The van der Waals surface area contributed by atoms with Gasteiger partial charge in [-0.15, -0.1) is 0 Å². The molecule has 0 bridgehead atoms. The molecular formula is C16H14F3N5O4S. The van der Waals surface area contributed by atoms with Gasteiger partial charge in [-0.2, -0.15) is 31.3 Å². The zero-order valence-electron chi connectivity index (χ0n) is 15.1. The fourth-order valence-electron chi connectivity index (χ4n) is 2.43. The number of benzene rings is 1. The first-order chi connectivity index (χ1) is 13.5. The van der Waals surface area contributed by atoms with Gasteiger partial charge in [0.2, 0.25) is 5.82 Å². The number of alkyl halides is 3. The van der Waals surface area contributed by atoms with Crippen molar-refractivity contribution in [1.29, 1.82) is 0 Å². The molecule has 13 heteroatoms. The lowest BCUT2D eigenvalue weighted by molar-refractivity contribution is -0.159. The molecular weight excluding hydrogens is 415 g/mol. The van der Waals surface area contributed by atoms with Gasteiger partial charge in [-0.05, 0) is 13.8 Å². The van der Waals surface area contributed by atoms with Crippen molar-refractivity contribution in [1.82, 2.24) is 23.8 Å². The van der Waals surface area contributed by atoms with Crippen molar-refractivity contribution < 1.29 is 30.9 Å². The van der Waals surface area contributed by atoms with E-state index in [4.69, 9.17) is 0 Å². The molecule has 1 N–H and O–H groups in total. The SMILES string of the molecule is Cc1cn(S(=O)(=O)NCC(=O)c2ccc(-c3noc(C(F)(F)F)n3)cc2)c(C)n1. The van der Waals surface area contributed by atoms with Crippen LogP contribution in [0.2, 0.25) is 0 Å². The maximum atomic E-state index is 12.5. The minimum Gasteiger partial charge on any atom is -0.329 e. The lowest BCUT2D eigenvalue weighted by atomic mass is 10.1. The standard InChI is InChI=1S/C16H14F3N5O4S/c1-9-8-24(10(2)21-9)29(26,27)20-7-13(25)11-3-5-12(6-4-11)14-22-15(28-23-14)16(17,18)19/h3-6,8,20H,7H2,1-2H3. The van der Waals surface area contributed by atoms with Gasteiger partial charge in [0, 0.05) is 17.3 Å². The topological polar surface area (TPSA) is 120 Å². The van der Waals surface area contributed by atoms with Crippen LogP contribution in [0.3, 0.4) is 0 Å². The molecule has 0 radical (unpaired) electrons. The number of ketones is 1. The number of halogens is 3. The van der Waals surface area contributed by atoms with Gasteiger partial charge in [-0.1, -0.05) is 29.4 Å². The Labute approximate surface area is 162 Å². The van der Waals surface area contributed by atoms with Crippen molar-refractivity contribution >= 4 is 16.0 Å². The quantitative estimate of drug-likeness (QED) is 0.596. The summed E-state index contributed by atoms with van der Waals surface area (Å²) in [5.74, 6) is -2.07. The fourth-order valence-corrected chi connectivity index (χ4v) is 3.56. The van der Waals surface area contributed by atoms with Crippen LogP contribution < -0.4 is 4.72 Å². The average Bonchev–Trinajstić information content (AvgIpc) is 3.27. The third-order valence-electron chi connectivity index (χ3n) is 3.77. The fraction of sp³-hybridized carbons (Fsp3) is 0.250. The number of hydrogen-bond donors (Lipinski definition) is 1. The summed E-state index contributed by atoms with van der Waals surface area (Å²) < 4.78 is 69.3. The highest BCUT2D eigenvalue weighted by Crippen LogP contribution is 2.29. The number of nitrogens with one attached hydrogen (secondary N) is 1. The Morgan fingerprint density at radius 2 is 1.83 bits per heavy atom. The number of carbonyl (C=O) groups is 1. The highest BCUT2D eigenvalue weighted by molar-refractivity contribution is 7.88. The maximum Gasteiger partial charge on any atom is 0.471 e. The van der Waals surface area contributed by atoms with E-state index in [1.54, 1.807) is 6.92 Å². The second kappa shape index (κ2) is 7.40. The van der Waals surface area contributed by atoms with Crippen LogP contribution in [-0.4, -0.2) is 39.8 Å². The van der Waals surface area contributed by atoms with Crippen molar-refractivity contribution in [2.45, 2.75) is 20.0 Å². The second-order valence-corrected chi connectivity index (χ2v) is 7.61. The predicted molar refractivity (Wildman–Crippen MR) is 93.1 cm³/mol. The third kappa shape index (κ3) is 4.51. The molecule has 0 saturated carbocycles. The molecule has 9 nitrogen and oxygen atoms in total. The summed E-state index contributed by atoms with van der Waals surface area (Å²) in [6, 6.07) is 5.30. The van der Waals surface area contributed by atoms with Gasteiger partial charge in [0.1, 0.15) is 5.82 Å². The molecule has 2 aromatic heterocycles. The number of aryl methyl sites for hydroxylation is 2. The van der Waals surface area contributed by atoms with Crippen molar-refractivity contribution in [2.75, 3.05) is 6.54 Å². The Balaban J connectivity index is 1.69. The molecule has 154 valence electrons. The monoisotopic (exact) mass is 429 g/mol. The van der Waals surface area contributed by atoms with Gasteiger partial charge >= 0.3 is 22.3 Å². The first kappa shape index (κ1) is 20.7. The van der Waals surface area contributed by atoms with Crippen molar-refractivity contribution in [3.8, 4) is 11.4 Å². The molecule has 0 saturated heterocycles. The Bertz CT molecular complexity index is 1150. The van der Waals surface area contributed by atoms with E-state index in [9.17, 15) is 26.4 Å².